The van der Waals surface area contributed by atoms with Crippen LogP contribution in [0.25, 0.3) is 0 Å². The van der Waals surface area contributed by atoms with Crippen molar-refractivity contribution in [2.24, 2.45) is 0 Å². The van der Waals surface area contributed by atoms with E-state index in [1.54, 1.807) is 12.1 Å². The second kappa shape index (κ2) is 17.9. The molecule has 0 aromatic heterocycles. The molecular weight excluding hydrogens is 453 g/mol. The molecule has 0 unspecified atom stereocenters. The summed E-state index contributed by atoms with van der Waals surface area (Å²) in [6.45, 7) is 7.13. The van der Waals surface area contributed by atoms with Gasteiger partial charge in [0.2, 0.25) is 0 Å². The summed E-state index contributed by atoms with van der Waals surface area (Å²) < 4.78 is 0. The van der Waals surface area contributed by atoms with Crippen LogP contribution in [0.15, 0.2) is 36.4 Å². The average molecular weight is 479 g/mol. The van der Waals surface area contributed by atoms with Crippen LogP contribution in [0.2, 0.25) is 0 Å². The Hall–Kier alpha value is -2.12. The van der Waals surface area contributed by atoms with E-state index in [0.29, 0.717) is 12.8 Å². The molecule has 1 radical (unpaired) electrons. The molecule has 29 heavy (non-hydrogen) atoms. The van der Waals surface area contributed by atoms with Gasteiger partial charge in [0, 0.05) is 51.1 Å². The Morgan fingerprint density at radius 3 is 1.28 bits per heavy atom. The number of carboxylic acid groups (broad SMARTS) is 1. The van der Waals surface area contributed by atoms with Gasteiger partial charge in [0.25, 0.3) is 0 Å². The van der Waals surface area contributed by atoms with Crippen LogP contribution in [0.1, 0.15) is 68.2 Å². The van der Waals surface area contributed by atoms with Gasteiger partial charge in [-0.3, -0.25) is 14.4 Å². The van der Waals surface area contributed by atoms with Crippen LogP contribution in [0.5, 0.6) is 0 Å². The molecule has 155 valence electrons. The normalized spacial score (nSPS) is 9.00. The molecule has 0 aliphatic carbocycles. The number of hydrogen-bond acceptors (Lipinski definition) is 6. The number of benzene rings is 1. The second-order valence-electron chi connectivity index (χ2n) is 5.87. The van der Waals surface area contributed by atoms with Gasteiger partial charge in [0.15, 0.2) is 17.3 Å². The SMILES string of the molecule is CC(=O)/C=C/C(C)=O.CC(=O)CCC(C)=O.CC(=O)c1ccccc1C(=O)O.[Y]. The fourth-order valence-electron chi connectivity index (χ4n) is 1.56. The number of aromatic carboxylic acids is 1. The molecular formula is C21H26O7Y. The topological polar surface area (TPSA) is 123 Å². The van der Waals surface area contributed by atoms with E-state index in [9.17, 15) is 28.8 Å². The molecule has 1 N–H and O–H groups in total. The Balaban J connectivity index is -0.000000357. The zero-order valence-corrected chi connectivity index (χ0v) is 20.2. The Morgan fingerprint density at radius 2 is 1.07 bits per heavy atom. The van der Waals surface area contributed by atoms with Crippen LogP contribution in [-0.4, -0.2) is 40.0 Å². The van der Waals surface area contributed by atoms with Crippen molar-refractivity contribution in [2.75, 3.05) is 0 Å². The first kappa shape index (κ1) is 31.6. The maximum atomic E-state index is 10.9. The average Bonchev–Trinajstić information content (AvgIpc) is 2.59. The molecule has 0 atom stereocenters. The van der Waals surface area contributed by atoms with Gasteiger partial charge in [-0.05, 0) is 52.8 Å². The number of carbonyl (C=O) groups excluding carboxylic acids is 5. The van der Waals surface area contributed by atoms with E-state index < -0.39 is 5.97 Å². The quantitative estimate of drug-likeness (QED) is 0.471. The Bertz CT molecular complexity index is 701. The summed E-state index contributed by atoms with van der Waals surface area (Å²) in [5, 5.41) is 8.66. The smallest absolute Gasteiger partial charge is 0.336 e. The van der Waals surface area contributed by atoms with E-state index in [2.05, 4.69) is 0 Å². The van der Waals surface area contributed by atoms with Crippen LogP contribution in [0, 0.1) is 0 Å². The number of carbonyl (C=O) groups is 6. The van der Waals surface area contributed by atoms with E-state index in [1.165, 1.54) is 58.9 Å². The van der Waals surface area contributed by atoms with Gasteiger partial charge >= 0.3 is 5.97 Å². The number of rotatable bonds is 7. The van der Waals surface area contributed by atoms with Crippen molar-refractivity contribution < 1.29 is 66.6 Å². The number of hydrogen-bond donors (Lipinski definition) is 1. The Labute approximate surface area is 195 Å². The molecule has 1 rings (SSSR count). The monoisotopic (exact) mass is 479 g/mol. The molecule has 0 heterocycles. The van der Waals surface area contributed by atoms with Crippen LogP contribution in [-0.2, 0) is 51.9 Å². The fraction of sp³-hybridized carbons (Fsp3) is 0.333. The predicted octanol–water partition coefficient (Wildman–Crippen LogP) is 3.25. The first-order valence-electron chi connectivity index (χ1n) is 8.39. The number of ketones is 5. The van der Waals surface area contributed by atoms with Crippen molar-refractivity contribution in [2.45, 2.75) is 47.5 Å². The minimum absolute atomic E-state index is 0. The van der Waals surface area contributed by atoms with Crippen molar-refractivity contribution in [3.8, 4) is 0 Å². The molecule has 0 saturated carbocycles. The summed E-state index contributed by atoms with van der Waals surface area (Å²) in [7, 11) is 0. The fourth-order valence-corrected chi connectivity index (χ4v) is 1.56. The summed E-state index contributed by atoms with van der Waals surface area (Å²) in [6, 6.07) is 6.16. The van der Waals surface area contributed by atoms with Gasteiger partial charge in [-0.15, -0.1) is 0 Å². The van der Waals surface area contributed by atoms with Gasteiger partial charge in [-0.1, -0.05) is 18.2 Å². The van der Waals surface area contributed by atoms with Gasteiger partial charge in [-0.2, -0.15) is 0 Å². The van der Waals surface area contributed by atoms with Crippen molar-refractivity contribution in [1.82, 2.24) is 0 Å². The molecule has 1 aromatic carbocycles. The molecule has 1 aromatic rings. The first-order chi connectivity index (χ1) is 12.9. The van der Waals surface area contributed by atoms with Crippen LogP contribution in [0.4, 0.5) is 0 Å². The minimum Gasteiger partial charge on any atom is -0.478 e. The summed E-state index contributed by atoms with van der Waals surface area (Å²) in [5.74, 6) is -1.32. The van der Waals surface area contributed by atoms with Crippen molar-refractivity contribution in [1.29, 1.82) is 0 Å². The van der Waals surface area contributed by atoms with Crippen LogP contribution >= 0.6 is 0 Å². The summed E-state index contributed by atoms with van der Waals surface area (Å²) >= 11 is 0. The molecule has 0 spiro atoms. The third-order valence-electron chi connectivity index (χ3n) is 2.92. The molecule has 0 bridgehead atoms. The maximum absolute atomic E-state index is 10.9. The third-order valence-corrected chi connectivity index (χ3v) is 2.92. The molecule has 0 amide bonds. The first-order valence-corrected chi connectivity index (χ1v) is 8.39. The molecule has 7 nitrogen and oxygen atoms in total. The largest absolute Gasteiger partial charge is 0.478 e. The third kappa shape index (κ3) is 20.4. The molecule has 0 aliphatic rings. The molecule has 0 aliphatic heterocycles. The molecule has 8 heteroatoms. The second-order valence-corrected chi connectivity index (χ2v) is 5.87. The standard InChI is InChI=1S/C9H8O3.C6H10O2.C6H8O2.Y/c1-6(10)7-4-2-3-5-8(7)9(11)12;2*1-5(7)3-4-6(2)8;/h2-5H,1H3,(H,11,12);3-4H2,1-2H3;3-4H,1-2H3;/b;;4-3+;. The predicted molar refractivity (Wildman–Crippen MR) is 105 cm³/mol. The van der Waals surface area contributed by atoms with Crippen LogP contribution < -0.4 is 0 Å². The van der Waals surface area contributed by atoms with E-state index >= 15 is 0 Å². The van der Waals surface area contributed by atoms with Crippen molar-refractivity contribution in [3.05, 3.63) is 47.5 Å². The number of carboxylic acids is 1. The van der Waals surface area contributed by atoms with E-state index in [-0.39, 0.29) is 72.8 Å². The van der Waals surface area contributed by atoms with Gasteiger partial charge in [0.1, 0.15) is 11.6 Å². The summed E-state index contributed by atoms with van der Waals surface area (Å²) in [5.41, 5.74) is 0.315. The summed E-state index contributed by atoms with van der Waals surface area (Å²) in [4.78, 5) is 62.1. The van der Waals surface area contributed by atoms with Crippen LogP contribution in [0.3, 0.4) is 0 Å². The zero-order chi connectivity index (χ0) is 22.3. The summed E-state index contributed by atoms with van der Waals surface area (Å²) in [6.07, 6.45) is 3.30. The number of Topliss-reactive ketones (excluding diaryl/α,β-unsaturated/α-hetero) is 3. The van der Waals surface area contributed by atoms with Gasteiger partial charge in [0.05, 0.1) is 5.56 Å². The van der Waals surface area contributed by atoms with Gasteiger partial charge in [-0.25, -0.2) is 4.79 Å². The maximum Gasteiger partial charge on any atom is 0.336 e. The Morgan fingerprint density at radius 1 is 0.724 bits per heavy atom. The van der Waals surface area contributed by atoms with Crippen molar-refractivity contribution in [3.63, 3.8) is 0 Å². The Kier molecular flexibility index (Phi) is 19.5. The van der Waals surface area contributed by atoms with E-state index in [4.69, 9.17) is 5.11 Å². The molecule has 0 saturated heterocycles. The van der Waals surface area contributed by atoms with Gasteiger partial charge < -0.3 is 14.7 Å². The van der Waals surface area contributed by atoms with E-state index in [1.807, 2.05) is 0 Å². The zero-order valence-electron chi connectivity index (χ0n) is 17.4. The molecule has 0 fully saturated rings. The van der Waals surface area contributed by atoms with Crippen molar-refractivity contribution >= 4 is 34.9 Å². The van der Waals surface area contributed by atoms with E-state index in [0.717, 1.165) is 0 Å². The minimum atomic E-state index is -1.07. The number of allylic oxidation sites excluding steroid dienone is 2.